The third-order valence-corrected chi connectivity index (χ3v) is 5.35. The minimum atomic E-state index is -0.457. The Bertz CT molecular complexity index is 959. The molecule has 0 bridgehead atoms. The van der Waals surface area contributed by atoms with Crippen LogP contribution in [0.3, 0.4) is 0 Å². The van der Waals surface area contributed by atoms with Crippen molar-refractivity contribution in [2.45, 2.75) is 57.7 Å². The first-order valence-electron chi connectivity index (χ1n) is 9.80. The molecule has 1 aromatic carbocycles. The molecule has 3 rings (SSSR count). The third kappa shape index (κ3) is 4.77. The van der Waals surface area contributed by atoms with Crippen molar-refractivity contribution in [3.63, 3.8) is 0 Å². The molecule has 2 aromatic rings. The molecule has 1 saturated heterocycles. The number of hydrogen-bond donors (Lipinski definition) is 2. The van der Waals surface area contributed by atoms with E-state index >= 15 is 0 Å². The molecule has 2 heterocycles. The maximum absolute atomic E-state index is 12.4. The zero-order chi connectivity index (χ0) is 22.1. The Morgan fingerprint density at radius 3 is 2.53 bits per heavy atom. The summed E-state index contributed by atoms with van der Waals surface area (Å²) in [5, 5.41) is 25.7. The standard InChI is InChI=1S/C22H27N3O5/c1-21(2)13-16(14-22(3,4)25(21)29)23-20(26)11-9-18-8-10-19(30-18)15-6-5-7-17(12-15)24(27)28/h5-12,16,29H,13-14H2,1-4H3,(H,23,26)/b11-9+. The molecule has 0 aliphatic carbocycles. The van der Waals surface area contributed by atoms with Crippen molar-refractivity contribution in [3.05, 3.63) is 58.3 Å². The topological polar surface area (TPSA) is 109 Å². The van der Waals surface area contributed by atoms with Crippen molar-refractivity contribution < 1.29 is 19.3 Å². The summed E-state index contributed by atoms with van der Waals surface area (Å²) >= 11 is 0. The zero-order valence-corrected chi connectivity index (χ0v) is 17.6. The number of benzene rings is 1. The van der Waals surface area contributed by atoms with Crippen molar-refractivity contribution >= 4 is 17.7 Å². The van der Waals surface area contributed by atoms with Crippen LogP contribution in [-0.4, -0.2) is 38.2 Å². The number of amides is 1. The molecule has 30 heavy (non-hydrogen) atoms. The molecule has 1 aliphatic rings. The van der Waals surface area contributed by atoms with E-state index in [0.29, 0.717) is 29.9 Å². The van der Waals surface area contributed by atoms with Gasteiger partial charge >= 0.3 is 0 Å². The quantitative estimate of drug-likeness (QED) is 0.427. The third-order valence-electron chi connectivity index (χ3n) is 5.35. The van der Waals surface area contributed by atoms with Crippen molar-refractivity contribution in [1.29, 1.82) is 0 Å². The van der Waals surface area contributed by atoms with Gasteiger partial charge in [-0.3, -0.25) is 14.9 Å². The highest BCUT2D eigenvalue weighted by molar-refractivity contribution is 5.91. The SMILES string of the molecule is CC1(C)CC(NC(=O)/C=C/c2ccc(-c3cccc([N+](=O)[O-])c3)o2)CC(C)(C)N1O. The van der Waals surface area contributed by atoms with E-state index in [-0.39, 0.29) is 17.6 Å². The summed E-state index contributed by atoms with van der Waals surface area (Å²) in [7, 11) is 0. The van der Waals surface area contributed by atoms with Crippen LogP contribution in [-0.2, 0) is 4.79 Å². The second-order valence-corrected chi connectivity index (χ2v) is 8.89. The Morgan fingerprint density at radius 2 is 1.90 bits per heavy atom. The summed E-state index contributed by atoms with van der Waals surface area (Å²) in [6.45, 7) is 7.78. The Hall–Kier alpha value is -2.97. The monoisotopic (exact) mass is 413 g/mol. The predicted octanol–water partition coefficient (Wildman–Crippen LogP) is 4.40. The second-order valence-electron chi connectivity index (χ2n) is 8.89. The van der Waals surface area contributed by atoms with Crippen LogP contribution >= 0.6 is 0 Å². The number of carbonyl (C=O) groups is 1. The van der Waals surface area contributed by atoms with Gasteiger partial charge in [0.05, 0.1) is 4.92 Å². The zero-order valence-electron chi connectivity index (χ0n) is 17.6. The Labute approximate surface area is 175 Å². The number of hydrogen-bond acceptors (Lipinski definition) is 6. The molecule has 1 aromatic heterocycles. The molecule has 0 atom stereocenters. The lowest BCUT2D eigenvalue weighted by molar-refractivity contribution is -0.384. The summed E-state index contributed by atoms with van der Waals surface area (Å²) in [6, 6.07) is 9.53. The molecule has 1 aliphatic heterocycles. The van der Waals surface area contributed by atoms with Gasteiger partial charge in [-0.2, -0.15) is 5.06 Å². The van der Waals surface area contributed by atoms with E-state index in [9.17, 15) is 20.1 Å². The molecular weight excluding hydrogens is 386 g/mol. The number of piperidine rings is 1. The van der Waals surface area contributed by atoms with Gasteiger partial charge in [0.2, 0.25) is 5.91 Å². The molecular formula is C22H27N3O5. The van der Waals surface area contributed by atoms with E-state index in [1.165, 1.54) is 23.3 Å². The number of carbonyl (C=O) groups excluding carboxylic acids is 1. The number of non-ortho nitro benzene ring substituents is 1. The molecule has 8 heteroatoms. The van der Waals surface area contributed by atoms with Gasteiger partial charge in [-0.25, -0.2) is 0 Å². The van der Waals surface area contributed by atoms with Crippen molar-refractivity contribution in [2.75, 3.05) is 0 Å². The molecule has 2 N–H and O–H groups in total. The lowest BCUT2D eigenvalue weighted by Gasteiger charge is -2.51. The first-order chi connectivity index (χ1) is 14.0. The Balaban J connectivity index is 1.65. The molecule has 0 saturated carbocycles. The van der Waals surface area contributed by atoms with Gasteiger partial charge in [0.15, 0.2) is 0 Å². The molecule has 1 amide bonds. The number of nitrogens with zero attached hydrogens (tertiary/aromatic N) is 2. The molecule has 0 radical (unpaired) electrons. The highest BCUT2D eigenvalue weighted by Crippen LogP contribution is 2.36. The predicted molar refractivity (Wildman–Crippen MR) is 113 cm³/mol. The minimum Gasteiger partial charge on any atom is -0.457 e. The van der Waals surface area contributed by atoms with Crippen LogP contribution in [0.15, 0.2) is 46.9 Å². The fourth-order valence-electron chi connectivity index (χ4n) is 4.15. The highest BCUT2D eigenvalue weighted by atomic mass is 16.6. The van der Waals surface area contributed by atoms with E-state index in [4.69, 9.17) is 4.42 Å². The fourth-order valence-corrected chi connectivity index (χ4v) is 4.15. The number of rotatable bonds is 5. The lowest BCUT2D eigenvalue weighted by Crippen LogP contribution is -2.62. The minimum absolute atomic E-state index is 0.0138. The number of nitro benzene ring substituents is 1. The van der Waals surface area contributed by atoms with E-state index in [2.05, 4.69) is 5.32 Å². The van der Waals surface area contributed by atoms with Crippen LogP contribution in [0.4, 0.5) is 5.69 Å². The summed E-state index contributed by atoms with van der Waals surface area (Å²) in [5.41, 5.74) is -0.316. The first kappa shape index (κ1) is 21.7. The maximum Gasteiger partial charge on any atom is 0.270 e. The van der Waals surface area contributed by atoms with Crippen molar-refractivity contribution in [3.8, 4) is 11.3 Å². The summed E-state index contributed by atoms with van der Waals surface area (Å²) in [6.07, 6.45) is 4.23. The molecule has 1 fully saturated rings. The molecule has 0 spiro atoms. The van der Waals surface area contributed by atoms with E-state index < -0.39 is 16.0 Å². The smallest absolute Gasteiger partial charge is 0.270 e. The number of hydroxylamine groups is 2. The van der Waals surface area contributed by atoms with E-state index in [0.717, 1.165) is 0 Å². The number of nitro groups is 1. The molecule has 0 unspecified atom stereocenters. The lowest BCUT2D eigenvalue weighted by atomic mass is 9.79. The van der Waals surface area contributed by atoms with Gasteiger partial charge in [-0.15, -0.1) is 0 Å². The Kier molecular flexibility index (Phi) is 5.83. The van der Waals surface area contributed by atoms with Gasteiger partial charge in [0, 0.05) is 40.9 Å². The maximum atomic E-state index is 12.4. The van der Waals surface area contributed by atoms with Crippen LogP contribution in [0.5, 0.6) is 0 Å². The summed E-state index contributed by atoms with van der Waals surface area (Å²) < 4.78 is 5.70. The summed E-state index contributed by atoms with van der Waals surface area (Å²) in [4.78, 5) is 22.9. The molecule has 160 valence electrons. The van der Waals surface area contributed by atoms with Crippen LogP contribution in [0.2, 0.25) is 0 Å². The van der Waals surface area contributed by atoms with Crippen LogP contribution in [0.1, 0.15) is 46.3 Å². The molecule has 8 nitrogen and oxygen atoms in total. The highest BCUT2D eigenvalue weighted by Gasteiger charge is 2.45. The van der Waals surface area contributed by atoms with Gasteiger partial charge in [0.25, 0.3) is 5.69 Å². The van der Waals surface area contributed by atoms with Gasteiger partial charge in [0.1, 0.15) is 11.5 Å². The van der Waals surface area contributed by atoms with Crippen molar-refractivity contribution in [1.82, 2.24) is 10.4 Å². The normalized spacial score (nSPS) is 19.1. The van der Waals surface area contributed by atoms with Gasteiger partial charge < -0.3 is 14.9 Å². The van der Waals surface area contributed by atoms with Crippen LogP contribution in [0.25, 0.3) is 17.4 Å². The average Bonchev–Trinajstić information content (AvgIpc) is 3.13. The Morgan fingerprint density at radius 1 is 1.23 bits per heavy atom. The largest absolute Gasteiger partial charge is 0.457 e. The summed E-state index contributed by atoms with van der Waals surface area (Å²) in [5.74, 6) is 0.710. The van der Waals surface area contributed by atoms with E-state index in [1.54, 1.807) is 30.3 Å². The number of furan rings is 1. The van der Waals surface area contributed by atoms with Gasteiger partial charge in [-0.05, 0) is 58.7 Å². The second kappa shape index (κ2) is 8.04. The van der Waals surface area contributed by atoms with Crippen molar-refractivity contribution in [2.24, 2.45) is 0 Å². The van der Waals surface area contributed by atoms with E-state index in [1.807, 2.05) is 27.7 Å². The van der Waals surface area contributed by atoms with Crippen LogP contribution < -0.4 is 5.32 Å². The van der Waals surface area contributed by atoms with Crippen LogP contribution in [0, 0.1) is 10.1 Å². The average molecular weight is 413 g/mol. The first-order valence-corrected chi connectivity index (χ1v) is 9.80. The fraction of sp³-hybridized carbons (Fsp3) is 0.409. The van der Waals surface area contributed by atoms with Gasteiger partial charge in [-0.1, -0.05) is 12.1 Å². The number of nitrogens with one attached hydrogen (secondary N) is 1.